The number of nitrogens with zero attached hydrogens (tertiary/aromatic N) is 2. The molecule has 0 spiro atoms. The lowest BCUT2D eigenvalue weighted by Gasteiger charge is -2.16. The van der Waals surface area contributed by atoms with Gasteiger partial charge in [0.2, 0.25) is 5.88 Å². The van der Waals surface area contributed by atoms with Crippen molar-refractivity contribution in [3.8, 4) is 5.88 Å². The lowest BCUT2D eigenvalue weighted by molar-refractivity contribution is 0.236. The molecule has 2 aromatic rings. The first-order valence-corrected chi connectivity index (χ1v) is 8.63. The van der Waals surface area contributed by atoms with Crippen molar-refractivity contribution in [1.82, 2.24) is 20.6 Å². The number of carbonyl (C=O) groups excluding carboxylic acids is 1. The molecule has 0 saturated heterocycles. The quantitative estimate of drug-likeness (QED) is 0.777. The van der Waals surface area contributed by atoms with Gasteiger partial charge < -0.3 is 15.4 Å². The molecule has 6 nitrogen and oxygen atoms in total. The average molecular weight is 334 g/mol. The van der Waals surface area contributed by atoms with Crippen LogP contribution in [0.4, 0.5) is 4.79 Å². The molecule has 1 unspecified atom stereocenters. The smallest absolute Gasteiger partial charge is 0.315 e. The van der Waals surface area contributed by atoms with Crippen LogP contribution >= 0.6 is 11.3 Å². The summed E-state index contributed by atoms with van der Waals surface area (Å²) in [6.45, 7) is 5.03. The highest BCUT2D eigenvalue weighted by molar-refractivity contribution is 7.09. The summed E-state index contributed by atoms with van der Waals surface area (Å²) >= 11 is 1.54. The highest BCUT2D eigenvalue weighted by Crippen LogP contribution is 2.18. The molecule has 0 aliphatic rings. The van der Waals surface area contributed by atoms with Crippen molar-refractivity contribution < 1.29 is 9.53 Å². The Morgan fingerprint density at radius 1 is 1.35 bits per heavy atom. The van der Waals surface area contributed by atoms with Crippen LogP contribution in [0.3, 0.4) is 0 Å². The zero-order valence-electron chi connectivity index (χ0n) is 13.4. The molecule has 7 heteroatoms. The second-order valence-corrected chi connectivity index (χ2v) is 5.90. The molecule has 2 rings (SSSR count). The molecular formula is C16H22N4O2S. The zero-order chi connectivity index (χ0) is 16.5. The van der Waals surface area contributed by atoms with Crippen LogP contribution in [-0.4, -0.2) is 22.6 Å². The molecule has 0 saturated carbocycles. The monoisotopic (exact) mass is 334 g/mol. The van der Waals surface area contributed by atoms with Gasteiger partial charge in [0.15, 0.2) is 0 Å². The average Bonchev–Trinajstić information content (AvgIpc) is 3.11. The van der Waals surface area contributed by atoms with E-state index < -0.39 is 0 Å². The highest BCUT2D eigenvalue weighted by Gasteiger charge is 2.15. The topological polar surface area (TPSA) is 76.1 Å². The maximum atomic E-state index is 12.1. The Kier molecular flexibility index (Phi) is 6.80. The van der Waals surface area contributed by atoms with E-state index in [1.54, 1.807) is 12.4 Å². The van der Waals surface area contributed by atoms with E-state index in [-0.39, 0.29) is 12.1 Å². The van der Waals surface area contributed by atoms with Gasteiger partial charge in [-0.15, -0.1) is 11.3 Å². The largest absolute Gasteiger partial charge is 0.477 e. The minimum Gasteiger partial charge on any atom is -0.477 e. The van der Waals surface area contributed by atoms with Gasteiger partial charge in [0.25, 0.3) is 0 Å². The van der Waals surface area contributed by atoms with Crippen LogP contribution in [0.5, 0.6) is 5.88 Å². The summed E-state index contributed by atoms with van der Waals surface area (Å²) in [6, 6.07) is 3.44. The van der Waals surface area contributed by atoms with E-state index in [9.17, 15) is 4.79 Å². The third kappa shape index (κ3) is 5.21. The summed E-state index contributed by atoms with van der Waals surface area (Å²) in [5.41, 5.74) is 0.860. The van der Waals surface area contributed by atoms with Crippen molar-refractivity contribution in [2.24, 2.45) is 0 Å². The Bertz CT molecular complexity index is 604. The molecule has 124 valence electrons. The highest BCUT2D eigenvalue weighted by atomic mass is 32.1. The zero-order valence-corrected chi connectivity index (χ0v) is 14.2. The van der Waals surface area contributed by atoms with Gasteiger partial charge in [-0.25, -0.2) is 14.8 Å². The van der Waals surface area contributed by atoms with Gasteiger partial charge in [-0.3, -0.25) is 0 Å². The van der Waals surface area contributed by atoms with Crippen LogP contribution in [0, 0.1) is 0 Å². The molecule has 2 N–H and O–H groups in total. The predicted octanol–water partition coefficient (Wildman–Crippen LogP) is 3.28. The molecule has 0 aliphatic heterocycles. The van der Waals surface area contributed by atoms with Gasteiger partial charge in [-0.05, 0) is 18.9 Å². The van der Waals surface area contributed by atoms with Crippen molar-refractivity contribution in [2.75, 3.05) is 6.61 Å². The fraction of sp³-hybridized carbons (Fsp3) is 0.438. The van der Waals surface area contributed by atoms with Crippen molar-refractivity contribution in [1.29, 1.82) is 0 Å². The third-order valence-corrected chi connectivity index (χ3v) is 4.08. The van der Waals surface area contributed by atoms with Crippen molar-refractivity contribution in [3.05, 3.63) is 40.5 Å². The second-order valence-electron chi connectivity index (χ2n) is 4.97. The van der Waals surface area contributed by atoms with E-state index in [2.05, 4.69) is 20.6 Å². The fourth-order valence-electron chi connectivity index (χ4n) is 2.02. The summed E-state index contributed by atoms with van der Waals surface area (Å²) in [5.74, 6) is 0.571. The molecule has 2 aromatic heterocycles. The van der Waals surface area contributed by atoms with E-state index in [1.165, 1.54) is 11.3 Å². The van der Waals surface area contributed by atoms with Gasteiger partial charge in [0.1, 0.15) is 5.01 Å². The summed E-state index contributed by atoms with van der Waals surface area (Å²) in [7, 11) is 0. The SMILES string of the molecule is CCCOc1ncccc1CNC(=O)NC(CC)c1nccs1. The summed E-state index contributed by atoms with van der Waals surface area (Å²) < 4.78 is 5.59. The van der Waals surface area contributed by atoms with Crippen LogP contribution in [0.15, 0.2) is 29.9 Å². The molecule has 1 atom stereocenters. The molecule has 0 aromatic carbocycles. The second kappa shape index (κ2) is 9.09. The number of hydrogen-bond acceptors (Lipinski definition) is 5. The lowest BCUT2D eigenvalue weighted by Crippen LogP contribution is -2.37. The van der Waals surface area contributed by atoms with Crippen LogP contribution in [0.2, 0.25) is 0 Å². The Morgan fingerprint density at radius 3 is 2.91 bits per heavy atom. The minimum atomic E-state index is -0.225. The number of carbonyl (C=O) groups is 1. The van der Waals surface area contributed by atoms with E-state index in [1.807, 2.05) is 31.4 Å². The Balaban J connectivity index is 1.89. The lowest BCUT2D eigenvalue weighted by atomic mass is 10.2. The molecule has 2 heterocycles. The summed E-state index contributed by atoms with van der Waals surface area (Å²) in [6.07, 6.45) is 5.13. The van der Waals surface area contributed by atoms with Crippen molar-refractivity contribution >= 4 is 17.4 Å². The maximum absolute atomic E-state index is 12.1. The number of thiazole rings is 1. The van der Waals surface area contributed by atoms with Crippen LogP contribution < -0.4 is 15.4 Å². The predicted molar refractivity (Wildman–Crippen MR) is 90.5 cm³/mol. The van der Waals surface area contributed by atoms with Crippen molar-refractivity contribution in [2.45, 2.75) is 39.3 Å². The fourth-order valence-corrected chi connectivity index (χ4v) is 2.79. The third-order valence-electron chi connectivity index (χ3n) is 3.20. The van der Waals surface area contributed by atoms with Crippen molar-refractivity contribution in [3.63, 3.8) is 0 Å². The molecule has 0 aliphatic carbocycles. The first-order valence-electron chi connectivity index (χ1n) is 7.75. The number of nitrogens with one attached hydrogen (secondary N) is 2. The number of hydrogen-bond donors (Lipinski definition) is 2. The summed E-state index contributed by atoms with van der Waals surface area (Å²) in [5, 5.41) is 8.61. The van der Waals surface area contributed by atoms with E-state index in [4.69, 9.17) is 4.74 Å². The maximum Gasteiger partial charge on any atom is 0.315 e. The molecule has 0 fully saturated rings. The molecular weight excluding hydrogens is 312 g/mol. The van der Waals surface area contributed by atoms with E-state index in [0.717, 1.165) is 23.4 Å². The van der Waals surface area contributed by atoms with Crippen LogP contribution in [0.25, 0.3) is 0 Å². The number of rotatable bonds is 8. The number of amides is 2. The van der Waals surface area contributed by atoms with Crippen LogP contribution in [0.1, 0.15) is 43.3 Å². The van der Waals surface area contributed by atoms with Gasteiger partial charge >= 0.3 is 6.03 Å². The molecule has 23 heavy (non-hydrogen) atoms. The molecule has 0 radical (unpaired) electrons. The standard InChI is InChI=1S/C16H22N4O2S/c1-3-9-22-14-12(6-5-7-17-14)11-19-16(21)20-13(4-2)15-18-8-10-23-15/h5-8,10,13H,3-4,9,11H2,1-2H3,(H2,19,20,21). The van der Waals surface area contributed by atoms with Crippen LogP contribution in [-0.2, 0) is 6.54 Å². The Hall–Kier alpha value is -2.15. The van der Waals surface area contributed by atoms with E-state index >= 15 is 0 Å². The Labute approximate surface area is 140 Å². The number of urea groups is 1. The normalized spacial score (nSPS) is 11.7. The first kappa shape index (κ1) is 17.2. The summed E-state index contributed by atoms with van der Waals surface area (Å²) in [4.78, 5) is 20.6. The van der Waals surface area contributed by atoms with E-state index in [0.29, 0.717) is 19.0 Å². The van der Waals surface area contributed by atoms with Gasteiger partial charge in [-0.2, -0.15) is 0 Å². The Morgan fingerprint density at radius 2 is 2.22 bits per heavy atom. The molecule has 0 bridgehead atoms. The van der Waals surface area contributed by atoms with Gasteiger partial charge in [0, 0.05) is 29.9 Å². The number of pyridine rings is 1. The first-order chi connectivity index (χ1) is 11.2. The number of ether oxygens (including phenoxy) is 1. The van der Waals surface area contributed by atoms with Gasteiger partial charge in [0.05, 0.1) is 12.6 Å². The minimum absolute atomic E-state index is 0.0697. The van der Waals surface area contributed by atoms with Gasteiger partial charge in [-0.1, -0.05) is 19.9 Å². The molecule has 2 amide bonds. The number of aromatic nitrogens is 2.